The molecule has 5 nitrogen and oxygen atoms in total. The molecule has 0 aliphatic carbocycles. The Kier molecular flexibility index (Phi) is 4.97. The molecular weight excluding hydrogens is 437 g/mol. The summed E-state index contributed by atoms with van der Waals surface area (Å²) in [6, 6.07) is 11.8. The Morgan fingerprint density at radius 1 is 1.30 bits per heavy atom. The second-order valence-electron chi connectivity index (χ2n) is 6.38. The number of carbonyl (C=O) groups excluding carboxylic acids is 1. The van der Waals surface area contributed by atoms with Gasteiger partial charge in [-0.1, -0.05) is 50.9 Å². The molecule has 0 N–H and O–H groups in total. The van der Waals surface area contributed by atoms with Crippen molar-refractivity contribution in [3.8, 4) is 11.4 Å². The number of likely N-dealkylation sites (tertiary alicyclic amines) is 1. The number of rotatable bonds is 4. The number of amides is 1. The van der Waals surface area contributed by atoms with Crippen molar-refractivity contribution in [2.75, 3.05) is 6.54 Å². The van der Waals surface area contributed by atoms with E-state index in [0.29, 0.717) is 41.8 Å². The minimum absolute atomic E-state index is 0.0254. The molecule has 1 unspecified atom stereocenters. The normalized spacial score (nSPS) is 16.9. The van der Waals surface area contributed by atoms with Gasteiger partial charge in [0.05, 0.1) is 5.92 Å². The van der Waals surface area contributed by atoms with Gasteiger partial charge in [0.15, 0.2) is 0 Å². The number of nitrogens with zero attached hydrogens (tertiary/aromatic N) is 3. The predicted molar refractivity (Wildman–Crippen MR) is 102 cm³/mol. The van der Waals surface area contributed by atoms with Gasteiger partial charge in [-0.15, -0.1) is 0 Å². The van der Waals surface area contributed by atoms with Crippen LogP contribution >= 0.6 is 27.5 Å². The van der Waals surface area contributed by atoms with Crippen molar-refractivity contribution in [1.29, 1.82) is 0 Å². The van der Waals surface area contributed by atoms with E-state index in [-0.39, 0.29) is 11.8 Å². The molecule has 1 aromatic heterocycles. The molecule has 0 spiro atoms. The highest BCUT2D eigenvalue weighted by atomic mass is 79.9. The van der Waals surface area contributed by atoms with Crippen LogP contribution in [0.15, 0.2) is 51.5 Å². The summed E-state index contributed by atoms with van der Waals surface area (Å²) < 4.78 is 19.5. The summed E-state index contributed by atoms with van der Waals surface area (Å²) in [6.45, 7) is 0.772. The second kappa shape index (κ2) is 7.40. The van der Waals surface area contributed by atoms with Crippen LogP contribution in [-0.2, 0) is 11.3 Å². The van der Waals surface area contributed by atoms with Crippen LogP contribution in [0.2, 0.25) is 5.02 Å². The maximum Gasteiger partial charge on any atom is 0.232 e. The summed E-state index contributed by atoms with van der Waals surface area (Å²) in [6.07, 6.45) is 0.291. The van der Waals surface area contributed by atoms with Gasteiger partial charge in [0.1, 0.15) is 5.82 Å². The molecule has 138 valence electrons. The summed E-state index contributed by atoms with van der Waals surface area (Å²) in [7, 11) is 0. The van der Waals surface area contributed by atoms with E-state index in [1.54, 1.807) is 11.0 Å². The van der Waals surface area contributed by atoms with Crippen LogP contribution in [0.25, 0.3) is 11.4 Å². The van der Waals surface area contributed by atoms with Gasteiger partial charge >= 0.3 is 0 Å². The first-order chi connectivity index (χ1) is 13.0. The molecule has 0 saturated carbocycles. The molecule has 1 atom stereocenters. The molecule has 1 aliphatic rings. The lowest BCUT2D eigenvalue weighted by atomic mass is 10.1. The fourth-order valence-electron chi connectivity index (χ4n) is 3.09. The van der Waals surface area contributed by atoms with E-state index in [1.165, 1.54) is 12.1 Å². The Labute approximate surface area is 168 Å². The number of hydrogen-bond acceptors (Lipinski definition) is 4. The molecule has 4 rings (SSSR count). The average molecular weight is 451 g/mol. The predicted octanol–water partition coefficient (Wildman–Crippen LogP) is 4.81. The van der Waals surface area contributed by atoms with E-state index in [0.717, 1.165) is 10.0 Å². The van der Waals surface area contributed by atoms with Crippen molar-refractivity contribution < 1.29 is 13.7 Å². The summed E-state index contributed by atoms with van der Waals surface area (Å²) >= 11 is 9.49. The average Bonchev–Trinajstić information content (AvgIpc) is 3.25. The Morgan fingerprint density at radius 2 is 2.15 bits per heavy atom. The zero-order chi connectivity index (χ0) is 19.0. The molecule has 0 radical (unpaired) electrons. The summed E-state index contributed by atoms with van der Waals surface area (Å²) in [4.78, 5) is 18.5. The standard InChI is InChI=1S/C19H14BrClFN3O2/c20-14-3-1-2-11(6-14)18-23-19(27-24-18)13-7-17(26)25(10-13)9-12-4-5-15(22)8-16(12)21/h1-6,8,13H,7,9-10H2. The van der Waals surface area contributed by atoms with Crippen molar-refractivity contribution in [2.45, 2.75) is 18.9 Å². The van der Waals surface area contributed by atoms with Crippen LogP contribution in [0.4, 0.5) is 4.39 Å². The Bertz CT molecular complexity index is 1010. The first-order valence-electron chi connectivity index (χ1n) is 8.31. The highest BCUT2D eigenvalue weighted by Gasteiger charge is 2.34. The molecule has 2 heterocycles. The highest BCUT2D eigenvalue weighted by Crippen LogP contribution is 2.31. The first kappa shape index (κ1) is 18.1. The van der Waals surface area contributed by atoms with E-state index in [9.17, 15) is 9.18 Å². The van der Waals surface area contributed by atoms with E-state index in [2.05, 4.69) is 26.1 Å². The lowest BCUT2D eigenvalue weighted by molar-refractivity contribution is -0.128. The number of halogens is 3. The van der Waals surface area contributed by atoms with Gasteiger partial charge in [-0.25, -0.2) is 4.39 Å². The maximum absolute atomic E-state index is 13.2. The molecule has 1 saturated heterocycles. The Balaban J connectivity index is 1.49. The topological polar surface area (TPSA) is 59.2 Å². The molecule has 2 aromatic carbocycles. The number of benzene rings is 2. The van der Waals surface area contributed by atoms with E-state index >= 15 is 0 Å². The molecular formula is C19H14BrClFN3O2. The maximum atomic E-state index is 13.2. The van der Waals surface area contributed by atoms with Crippen LogP contribution in [0.1, 0.15) is 23.8 Å². The van der Waals surface area contributed by atoms with Crippen molar-refractivity contribution in [3.63, 3.8) is 0 Å². The van der Waals surface area contributed by atoms with Crippen molar-refractivity contribution in [2.24, 2.45) is 0 Å². The van der Waals surface area contributed by atoms with Crippen molar-refractivity contribution >= 4 is 33.4 Å². The highest BCUT2D eigenvalue weighted by molar-refractivity contribution is 9.10. The quantitative estimate of drug-likeness (QED) is 0.572. The van der Waals surface area contributed by atoms with Gasteiger partial charge in [-0.3, -0.25) is 4.79 Å². The monoisotopic (exact) mass is 449 g/mol. The van der Waals surface area contributed by atoms with Crippen LogP contribution < -0.4 is 0 Å². The fraction of sp³-hybridized carbons (Fsp3) is 0.211. The third-order valence-corrected chi connectivity index (χ3v) is 5.31. The molecule has 27 heavy (non-hydrogen) atoms. The van der Waals surface area contributed by atoms with E-state index in [1.807, 2.05) is 24.3 Å². The van der Waals surface area contributed by atoms with Gasteiger partial charge < -0.3 is 9.42 Å². The van der Waals surface area contributed by atoms with E-state index < -0.39 is 5.82 Å². The Morgan fingerprint density at radius 3 is 2.93 bits per heavy atom. The molecule has 1 aliphatic heterocycles. The second-order valence-corrected chi connectivity index (χ2v) is 7.70. The lowest BCUT2D eigenvalue weighted by Gasteiger charge is -2.17. The van der Waals surface area contributed by atoms with Gasteiger partial charge in [0, 0.05) is 34.6 Å². The summed E-state index contributed by atoms with van der Waals surface area (Å²) in [5.41, 5.74) is 1.53. The molecule has 1 fully saturated rings. The SMILES string of the molecule is O=C1CC(c2nc(-c3cccc(Br)c3)no2)CN1Cc1ccc(F)cc1Cl. The lowest BCUT2D eigenvalue weighted by Crippen LogP contribution is -2.24. The zero-order valence-electron chi connectivity index (χ0n) is 14.0. The number of hydrogen-bond donors (Lipinski definition) is 0. The number of carbonyl (C=O) groups is 1. The van der Waals surface area contributed by atoms with Gasteiger partial charge in [0.25, 0.3) is 0 Å². The minimum Gasteiger partial charge on any atom is -0.339 e. The molecule has 0 bridgehead atoms. The third-order valence-electron chi connectivity index (χ3n) is 4.46. The molecule has 8 heteroatoms. The van der Waals surface area contributed by atoms with E-state index in [4.69, 9.17) is 16.1 Å². The summed E-state index contributed by atoms with van der Waals surface area (Å²) in [5.74, 6) is 0.317. The largest absolute Gasteiger partial charge is 0.339 e. The zero-order valence-corrected chi connectivity index (χ0v) is 16.4. The van der Waals surface area contributed by atoms with Gasteiger partial charge in [-0.05, 0) is 29.8 Å². The minimum atomic E-state index is -0.402. The van der Waals surface area contributed by atoms with Crippen LogP contribution in [0.5, 0.6) is 0 Å². The molecule has 3 aromatic rings. The van der Waals surface area contributed by atoms with Crippen LogP contribution in [-0.4, -0.2) is 27.5 Å². The fourth-order valence-corrected chi connectivity index (χ4v) is 3.72. The number of aromatic nitrogens is 2. The Hall–Kier alpha value is -2.25. The summed E-state index contributed by atoms with van der Waals surface area (Å²) in [5, 5.41) is 4.34. The van der Waals surface area contributed by atoms with Crippen LogP contribution in [0.3, 0.4) is 0 Å². The van der Waals surface area contributed by atoms with Gasteiger partial charge in [-0.2, -0.15) is 4.98 Å². The van der Waals surface area contributed by atoms with Crippen molar-refractivity contribution in [1.82, 2.24) is 15.0 Å². The smallest absolute Gasteiger partial charge is 0.232 e. The first-order valence-corrected chi connectivity index (χ1v) is 9.48. The molecule has 1 amide bonds. The third kappa shape index (κ3) is 3.89. The van der Waals surface area contributed by atoms with Crippen LogP contribution in [0, 0.1) is 5.82 Å². The van der Waals surface area contributed by atoms with Crippen molar-refractivity contribution in [3.05, 3.63) is 69.2 Å². The van der Waals surface area contributed by atoms with Gasteiger partial charge in [0.2, 0.25) is 17.6 Å².